The van der Waals surface area contributed by atoms with Crippen molar-refractivity contribution >= 4 is 132 Å². The van der Waals surface area contributed by atoms with Gasteiger partial charge in [0, 0.05) is 106 Å². The van der Waals surface area contributed by atoms with Crippen molar-refractivity contribution < 1.29 is 19.0 Å². The third-order valence-electron chi connectivity index (χ3n) is 17.2. The number of likely N-dealkylation sites (tertiary alicyclic amines) is 1. The lowest BCUT2D eigenvalue weighted by atomic mass is 9.77. The van der Waals surface area contributed by atoms with Gasteiger partial charge in [-0.25, -0.2) is 14.2 Å². The van der Waals surface area contributed by atoms with E-state index in [9.17, 15) is 14.3 Å². The molecule has 21 heteroatoms. The minimum absolute atomic E-state index is 0. The molecule has 11 aromatic rings. The van der Waals surface area contributed by atoms with Crippen LogP contribution in [0.4, 0.5) is 9.18 Å². The fourth-order valence-electron chi connectivity index (χ4n) is 12.5. The highest BCUT2D eigenvalue weighted by molar-refractivity contribution is 7.37. The lowest BCUT2D eigenvalue weighted by Gasteiger charge is -2.32. The fourth-order valence-corrected chi connectivity index (χ4v) is 14.8. The van der Waals surface area contributed by atoms with Crippen molar-refractivity contribution in [3.05, 3.63) is 251 Å². The molecule has 12 nitrogen and oxygen atoms in total. The van der Waals surface area contributed by atoms with Gasteiger partial charge in [0.05, 0.1) is 44.8 Å². The number of nitrogens with zero attached hydrogens (tertiary/aromatic N) is 5. The second-order valence-electron chi connectivity index (χ2n) is 22.9. The normalized spacial score (nSPS) is 16.0. The number of nitrogens with two attached hydrogens (primary N) is 1. The molecule has 3 atom stereocenters. The third kappa shape index (κ3) is 16.6. The molecule has 4 aromatic heterocycles. The van der Waals surface area contributed by atoms with Crippen LogP contribution in [-0.2, 0) is 37.8 Å². The molecule has 2 saturated heterocycles. The first kappa shape index (κ1) is 68.6. The summed E-state index contributed by atoms with van der Waals surface area (Å²) in [6.45, 7) is 6.99. The molecule has 2 amide bonds. The number of carbonyl (C=O) groups is 1. The Morgan fingerprint density at radius 1 is 0.761 bits per heavy atom. The molecule has 6 heterocycles. The SMILES string of the molecule is CN[C@H]1CC[C@@H](c2ccc(Cl)c(Cl)c2)c2ccccc21.Clc1ccc(C(Cn2ccnc2)OCc2csc3c(Cl)cccc23)c(Cl)c1.NCCc1c[nH]c2ccc(O)cc12.O=C1NCCN1CCN1CCC(c2cn(-c3ccc(F)cc3)c3ccc(Cl)cc23)CC1.[S-2]. The molecule has 0 radical (unpaired) electrons. The van der Waals surface area contributed by atoms with Gasteiger partial charge in [-0.15, -0.1) is 11.3 Å². The van der Waals surface area contributed by atoms with Gasteiger partial charge in [0.25, 0.3) is 0 Å². The predicted octanol–water partition coefficient (Wildman–Crippen LogP) is 18.2. The maximum atomic E-state index is 13.4. The van der Waals surface area contributed by atoms with E-state index in [2.05, 4.69) is 78.0 Å². The number of nitrogens with one attached hydrogen (secondary N) is 3. The van der Waals surface area contributed by atoms with Crippen molar-refractivity contribution in [1.82, 2.24) is 39.5 Å². The van der Waals surface area contributed by atoms with E-state index in [4.69, 9.17) is 80.1 Å². The van der Waals surface area contributed by atoms with Crippen LogP contribution in [0.2, 0.25) is 30.1 Å². The maximum Gasteiger partial charge on any atom is 0.317 e. The summed E-state index contributed by atoms with van der Waals surface area (Å²) in [4.78, 5) is 23.3. The van der Waals surface area contributed by atoms with Gasteiger partial charge in [0.1, 0.15) is 17.7 Å². The summed E-state index contributed by atoms with van der Waals surface area (Å²) >= 11 is 38.9. The Bertz CT molecular complexity index is 4250. The van der Waals surface area contributed by atoms with E-state index in [1.165, 1.54) is 39.8 Å². The highest BCUT2D eigenvalue weighted by Crippen LogP contribution is 2.43. The smallest absolute Gasteiger partial charge is 0.317 e. The summed E-state index contributed by atoms with van der Waals surface area (Å²) in [5.74, 6) is 0.923. The monoisotopic (exact) mass is 1390 g/mol. The number of aromatic amines is 1. The fraction of sp³-hybridized carbons (Fsp3) is 0.268. The topological polar surface area (TPSA) is 142 Å². The van der Waals surface area contributed by atoms with Crippen LogP contribution in [0.1, 0.15) is 88.6 Å². The average Bonchev–Trinajstić information content (AvgIpc) is 1.64. The van der Waals surface area contributed by atoms with E-state index in [-0.39, 0.29) is 31.4 Å². The number of phenolic OH excluding ortho intramolecular Hbond substituents is 1. The van der Waals surface area contributed by atoms with Gasteiger partial charge in [-0.2, -0.15) is 0 Å². The number of benzene rings is 7. The second kappa shape index (κ2) is 32.2. The molecule has 480 valence electrons. The zero-order valence-electron chi connectivity index (χ0n) is 50.5. The number of halogens is 7. The Morgan fingerprint density at radius 3 is 2.27 bits per heavy atom. The molecule has 14 rings (SSSR count). The number of hydrogen-bond acceptors (Lipinski definition) is 8. The zero-order valence-corrected chi connectivity index (χ0v) is 56.7. The number of urea groups is 1. The molecule has 0 bridgehead atoms. The number of aromatic hydroxyl groups is 1. The summed E-state index contributed by atoms with van der Waals surface area (Å²) in [7, 11) is 2.03. The highest BCUT2D eigenvalue weighted by Gasteiger charge is 2.29. The second-order valence-corrected chi connectivity index (χ2v) is 26.3. The van der Waals surface area contributed by atoms with Crippen molar-refractivity contribution in [3.63, 3.8) is 0 Å². The number of phenols is 1. The number of fused-ring (bicyclic) bond motifs is 4. The number of ether oxygens (including phenoxy) is 1. The molecule has 3 aliphatic rings. The van der Waals surface area contributed by atoms with E-state index in [0.717, 1.165) is 130 Å². The van der Waals surface area contributed by atoms with Gasteiger partial charge in [-0.05, 0) is 200 Å². The standard InChI is InChI=1S/C24H26ClFN4O.C20H15Cl3N2OS.C17H17Cl2N.C10H12N2O.S/c25-18-1-6-23-21(15-18)22(16-30(23)20-4-2-19(26)3-5-20)17-7-10-28(11-8-17)13-14-29-12-9-27-24(29)31;21-14-4-5-16(18(23)8-14)19(9-25-7-6-24-12-25)26-10-13-11-27-20-15(13)2-1-3-17(20)22;1-20-17-9-7-12(13-4-2-3-5-14(13)17)11-6-8-15(18)16(19)10-11;11-4-3-7-6-12-10-2-1-8(13)5-9(7)10;/h1-6,15-17H,7-14H2,(H,27,31);1-8,11-12,19H,9-10H2;2-6,8,10,12,17,20H,7,9H2,1H3;1-2,5-6,12-13H,3-4,11H2;/q;;;;-2/t;;12-,17-;;/m..0../s1. The van der Waals surface area contributed by atoms with Gasteiger partial charge in [-0.1, -0.05) is 118 Å². The molecule has 2 fully saturated rings. The Hall–Kier alpha value is -6.28. The van der Waals surface area contributed by atoms with Crippen LogP contribution in [0, 0.1) is 5.82 Å². The Kier molecular flexibility index (Phi) is 24.0. The van der Waals surface area contributed by atoms with Crippen LogP contribution in [-0.4, -0.2) is 92.9 Å². The average molecular weight is 1390 g/mol. The number of hydrogen-bond donors (Lipinski definition) is 5. The minimum atomic E-state index is -0.238. The lowest BCUT2D eigenvalue weighted by molar-refractivity contribution is 0.0288. The van der Waals surface area contributed by atoms with Crippen molar-refractivity contribution in [3.8, 4) is 11.4 Å². The number of amides is 2. The van der Waals surface area contributed by atoms with Gasteiger partial charge in [0.15, 0.2) is 0 Å². The van der Waals surface area contributed by atoms with Crippen molar-refractivity contribution in [2.75, 3.05) is 52.9 Å². The van der Waals surface area contributed by atoms with E-state index in [0.29, 0.717) is 63.4 Å². The Labute approximate surface area is 576 Å². The maximum absolute atomic E-state index is 13.4. The van der Waals surface area contributed by atoms with Crippen LogP contribution in [0.3, 0.4) is 0 Å². The first-order chi connectivity index (χ1) is 44.2. The van der Waals surface area contributed by atoms with E-state index >= 15 is 0 Å². The van der Waals surface area contributed by atoms with E-state index < -0.39 is 0 Å². The molecule has 1 unspecified atom stereocenters. The van der Waals surface area contributed by atoms with E-state index in [1.807, 2.05) is 102 Å². The summed E-state index contributed by atoms with van der Waals surface area (Å²) in [6, 6.07) is 44.5. The molecule has 1 aliphatic carbocycles. The minimum Gasteiger partial charge on any atom is -2.00 e. The van der Waals surface area contributed by atoms with Crippen molar-refractivity contribution in [2.24, 2.45) is 5.73 Å². The van der Waals surface area contributed by atoms with Gasteiger partial charge in [0.2, 0.25) is 0 Å². The largest absolute Gasteiger partial charge is 2.00 e. The number of rotatable bonds is 15. The van der Waals surface area contributed by atoms with Crippen LogP contribution in [0.15, 0.2) is 176 Å². The van der Waals surface area contributed by atoms with Crippen LogP contribution >= 0.6 is 80.9 Å². The molecule has 6 N–H and O–H groups in total. The first-order valence-corrected chi connectivity index (χ1v) is 33.5. The number of imidazole rings is 1. The summed E-state index contributed by atoms with van der Waals surface area (Å²) in [5, 5.41) is 24.9. The van der Waals surface area contributed by atoms with Crippen LogP contribution < -0.4 is 16.4 Å². The molecule has 7 aromatic carbocycles. The van der Waals surface area contributed by atoms with Crippen molar-refractivity contribution in [1.29, 1.82) is 0 Å². The van der Waals surface area contributed by atoms with Gasteiger partial charge < -0.3 is 63.6 Å². The first-order valence-electron chi connectivity index (χ1n) is 30.4. The van der Waals surface area contributed by atoms with Crippen LogP contribution in [0.25, 0.3) is 37.6 Å². The summed E-state index contributed by atoms with van der Waals surface area (Å²) in [6.07, 6.45) is 14.6. The summed E-state index contributed by atoms with van der Waals surface area (Å²) in [5.41, 5.74) is 17.1. The molecule has 0 spiro atoms. The Balaban J connectivity index is 0.000000139. The number of carbonyl (C=O) groups excluding carboxylic acids is 1. The number of aromatic nitrogens is 4. The Morgan fingerprint density at radius 2 is 1.54 bits per heavy atom. The molecule has 0 saturated carbocycles. The molecule has 2 aliphatic heterocycles. The molecular formula is C71H70Cl6FN9O3S2-2. The van der Waals surface area contributed by atoms with Gasteiger partial charge in [-0.3, -0.25) is 0 Å². The highest BCUT2D eigenvalue weighted by atomic mass is 35.5. The number of piperidine rings is 1. The van der Waals surface area contributed by atoms with Gasteiger partial charge >= 0.3 is 6.03 Å². The third-order valence-corrected chi connectivity index (χ3v) is 20.3. The van der Waals surface area contributed by atoms with Crippen LogP contribution in [0.5, 0.6) is 5.75 Å². The predicted molar refractivity (Wildman–Crippen MR) is 381 cm³/mol. The zero-order chi connectivity index (χ0) is 63.5. The molecular weight excluding hydrogens is 1320 g/mol. The summed E-state index contributed by atoms with van der Waals surface area (Å²) < 4.78 is 24.9. The molecule has 92 heavy (non-hydrogen) atoms. The van der Waals surface area contributed by atoms with Crippen molar-refractivity contribution in [2.45, 2.75) is 69.2 Å². The van der Waals surface area contributed by atoms with E-state index in [1.54, 1.807) is 42.1 Å². The number of thiophene rings is 1. The number of H-pyrrole nitrogens is 1. The quantitative estimate of drug-likeness (QED) is 0.0688. The lowest BCUT2D eigenvalue weighted by Crippen LogP contribution is -2.40.